The van der Waals surface area contributed by atoms with E-state index in [1.807, 2.05) is 4.90 Å². The summed E-state index contributed by atoms with van der Waals surface area (Å²) in [5.74, 6) is -2.31. The third-order valence-electron chi connectivity index (χ3n) is 6.89. The van der Waals surface area contributed by atoms with Crippen LogP contribution in [-0.4, -0.2) is 75.0 Å². The lowest BCUT2D eigenvalue weighted by Gasteiger charge is -2.36. The SMILES string of the molecule is O=C(NCCCC(=O)N1CCN(c2cc3c(cc2F)c(=O)c(C(=O)O)cn3C2CC2)CC1)c1cnccn1. The van der Waals surface area contributed by atoms with Gasteiger partial charge in [-0.1, -0.05) is 0 Å². The summed E-state index contributed by atoms with van der Waals surface area (Å²) in [6.07, 6.45) is 8.13. The summed E-state index contributed by atoms with van der Waals surface area (Å²) in [6, 6.07) is 2.84. The highest BCUT2D eigenvalue weighted by molar-refractivity contribution is 5.94. The number of aromatic carboxylic acids is 1. The van der Waals surface area contributed by atoms with Crippen LogP contribution in [0.4, 0.5) is 10.1 Å². The topological polar surface area (TPSA) is 138 Å². The van der Waals surface area contributed by atoms with Gasteiger partial charge in [-0.05, 0) is 31.4 Å². The first-order valence-corrected chi connectivity index (χ1v) is 12.5. The van der Waals surface area contributed by atoms with Crippen LogP contribution in [0.15, 0.2) is 41.7 Å². The van der Waals surface area contributed by atoms with Crippen LogP contribution in [-0.2, 0) is 4.79 Å². The van der Waals surface area contributed by atoms with E-state index >= 15 is 4.39 Å². The molecule has 0 atom stereocenters. The van der Waals surface area contributed by atoms with Crippen LogP contribution in [0.3, 0.4) is 0 Å². The number of carbonyl (C=O) groups is 3. The molecule has 1 aliphatic heterocycles. The number of fused-ring (bicyclic) bond motifs is 1. The van der Waals surface area contributed by atoms with Gasteiger partial charge >= 0.3 is 5.97 Å². The van der Waals surface area contributed by atoms with Crippen LogP contribution in [0.25, 0.3) is 10.9 Å². The van der Waals surface area contributed by atoms with E-state index in [1.54, 1.807) is 15.5 Å². The normalized spacial score (nSPS) is 15.5. The molecular weight excluding hydrogens is 495 g/mol. The van der Waals surface area contributed by atoms with Crippen LogP contribution < -0.4 is 15.6 Å². The lowest BCUT2D eigenvalue weighted by molar-refractivity contribution is -0.131. The van der Waals surface area contributed by atoms with Crippen molar-refractivity contribution in [2.45, 2.75) is 31.7 Å². The Bertz CT molecular complexity index is 1450. The Labute approximate surface area is 216 Å². The minimum Gasteiger partial charge on any atom is -0.477 e. The zero-order valence-electron chi connectivity index (χ0n) is 20.6. The molecule has 2 N–H and O–H groups in total. The van der Waals surface area contributed by atoms with Gasteiger partial charge in [0.05, 0.1) is 17.4 Å². The maximum absolute atomic E-state index is 15.2. The molecule has 1 saturated carbocycles. The quantitative estimate of drug-likeness (QED) is 0.428. The number of piperazine rings is 1. The van der Waals surface area contributed by atoms with Gasteiger partial charge in [-0.15, -0.1) is 0 Å². The first kappa shape index (κ1) is 25.3. The Morgan fingerprint density at radius 1 is 1.11 bits per heavy atom. The molecule has 0 bridgehead atoms. The van der Waals surface area contributed by atoms with Crippen molar-refractivity contribution in [1.29, 1.82) is 0 Å². The van der Waals surface area contributed by atoms with E-state index in [1.165, 1.54) is 24.8 Å². The van der Waals surface area contributed by atoms with E-state index in [0.29, 0.717) is 50.3 Å². The number of carbonyl (C=O) groups excluding carboxylic acids is 2. The van der Waals surface area contributed by atoms with Crippen molar-refractivity contribution in [2.75, 3.05) is 37.6 Å². The zero-order valence-corrected chi connectivity index (χ0v) is 20.6. The Morgan fingerprint density at radius 2 is 1.87 bits per heavy atom. The maximum atomic E-state index is 15.2. The van der Waals surface area contributed by atoms with Crippen molar-refractivity contribution >= 4 is 34.4 Å². The van der Waals surface area contributed by atoms with Gasteiger partial charge < -0.3 is 24.8 Å². The molecule has 12 heteroatoms. The molecule has 2 fully saturated rings. The first-order chi connectivity index (χ1) is 18.3. The molecule has 0 radical (unpaired) electrons. The van der Waals surface area contributed by atoms with E-state index in [-0.39, 0.29) is 40.9 Å². The van der Waals surface area contributed by atoms with E-state index in [0.717, 1.165) is 18.9 Å². The van der Waals surface area contributed by atoms with Gasteiger partial charge in [0.1, 0.15) is 17.1 Å². The molecule has 0 spiro atoms. The second-order valence-corrected chi connectivity index (χ2v) is 9.45. The minimum absolute atomic E-state index is 0.0406. The monoisotopic (exact) mass is 522 g/mol. The van der Waals surface area contributed by atoms with Gasteiger partial charge in [-0.25, -0.2) is 14.2 Å². The van der Waals surface area contributed by atoms with Crippen LogP contribution in [0.1, 0.15) is 52.6 Å². The summed E-state index contributed by atoms with van der Waals surface area (Å²) in [5.41, 5.74) is -0.00315. The predicted molar refractivity (Wildman–Crippen MR) is 136 cm³/mol. The largest absolute Gasteiger partial charge is 0.477 e. The molecule has 2 amide bonds. The molecular formula is C26H27FN6O5. The van der Waals surface area contributed by atoms with Gasteiger partial charge in [0.15, 0.2) is 0 Å². The number of hydrogen-bond donors (Lipinski definition) is 2. The van der Waals surface area contributed by atoms with Crippen molar-refractivity contribution < 1.29 is 23.9 Å². The summed E-state index contributed by atoms with van der Waals surface area (Å²) in [5, 5.41) is 12.2. The molecule has 198 valence electrons. The number of pyridine rings is 1. The Hall–Kier alpha value is -4.35. The summed E-state index contributed by atoms with van der Waals surface area (Å²) in [6.45, 7) is 1.98. The molecule has 0 unspecified atom stereocenters. The summed E-state index contributed by atoms with van der Waals surface area (Å²) >= 11 is 0. The zero-order chi connectivity index (χ0) is 26.8. The van der Waals surface area contributed by atoms with Gasteiger partial charge in [0, 0.05) is 69.2 Å². The van der Waals surface area contributed by atoms with Crippen LogP contribution >= 0.6 is 0 Å². The number of nitrogens with zero attached hydrogens (tertiary/aromatic N) is 5. The summed E-state index contributed by atoms with van der Waals surface area (Å²) in [4.78, 5) is 60.3. The average molecular weight is 523 g/mol. The number of carboxylic acid groups (broad SMARTS) is 1. The highest BCUT2D eigenvalue weighted by atomic mass is 19.1. The maximum Gasteiger partial charge on any atom is 0.341 e. The van der Waals surface area contributed by atoms with Crippen molar-refractivity contribution in [3.63, 3.8) is 0 Å². The van der Waals surface area contributed by atoms with Crippen molar-refractivity contribution in [3.8, 4) is 0 Å². The molecule has 1 aliphatic carbocycles. The fraction of sp³-hybridized carbons (Fsp3) is 0.385. The summed E-state index contributed by atoms with van der Waals surface area (Å²) < 4.78 is 16.9. The fourth-order valence-electron chi connectivity index (χ4n) is 4.71. The second kappa shape index (κ2) is 10.6. The van der Waals surface area contributed by atoms with Crippen LogP contribution in [0.5, 0.6) is 0 Å². The van der Waals surface area contributed by atoms with Crippen molar-refractivity contribution in [2.24, 2.45) is 0 Å². The third kappa shape index (κ3) is 5.20. The predicted octanol–water partition coefficient (Wildman–Crippen LogP) is 1.82. The number of halogens is 1. The number of benzene rings is 1. The van der Waals surface area contributed by atoms with Crippen LogP contribution in [0, 0.1) is 5.82 Å². The van der Waals surface area contributed by atoms with Gasteiger partial charge in [0.2, 0.25) is 11.3 Å². The van der Waals surface area contributed by atoms with Crippen molar-refractivity contribution in [3.05, 3.63) is 64.2 Å². The average Bonchev–Trinajstić information content (AvgIpc) is 3.77. The van der Waals surface area contributed by atoms with E-state index in [9.17, 15) is 24.3 Å². The Kier molecular flexibility index (Phi) is 7.03. The number of rotatable bonds is 8. The third-order valence-corrected chi connectivity index (χ3v) is 6.89. The highest BCUT2D eigenvalue weighted by Gasteiger charge is 2.29. The van der Waals surface area contributed by atoms with Crippen LogP contribution in [0.2, 0.25) is 0 Å². The van der Waals surface area contributed by atoms with E-state index in [2.05, 4.69) is 15.3 Å². The molecule has 5 rings (SSSR count). The first-order valence-electron chi connectivity index (χ1n) is 12.5. The number of anilines is 1. The lowest BCUT2D eigenvalue weighted by Crippen LogP contribution is -2.49. The molecule has 3 heterocycles. The highest BCUT2D eigenvalue weighted by Crippen LogP contribution is 2.38. The minimum atomic E-state index is -1.33. The van der Waals surface area contributed by atoms with Gasteiger partial charge in [-0.3, -0.25) is 19.4 Å². The molecule has 3 aromatic rings. The fourth-order valence-corrected chi connectivity index (χ4v) is 4.71. The number of aromatic nitrogens is 3. The molecule has 2 aromatic heterocycles. The smallest absolute Gasteiger partial charge is 0.341 e. The number of nitrogens with one attached hydrogen (secondary N) is 1. The molecule has 1 saturated heterocycles. The van der Waals surface area contributed by atoms with Gasteiger partial charge in [0.25, 0.3) is 5.91 Å². The molecule has 1 aromatic carbocycles. The molecule has 38 heavy (non-hydrogen) atoms. The number of amides is 2. The molecule has 2 aliphatic rings. The van der Waals surface area contributed by atoms with E-state index in [4.69, 9.17) is 0 Å². The summed E-state index contributed by atoms with van der Waals surface area (Å²) in [7, 11) is 0. The Morgan fingerprint density at radius 3 is 2.53 bits per heavy atom. The second-order valence-electron chi connectivity index (χ2n) is 9.45. The van der Waals surface area contributed by atoms with Gasteiger partial charge in [-0.2, -0.15) is 0 Å². The standard InChI is InChI=1S/C26H27FN6O5/c27-19-12-17-21(33(16-3-4-16)15-18(24(17)35)26(37)38)13-22(19)31-8-10-32(11-9-31)23(34)2-1-5-30-25(36)20-14-28-6-7-29-20/h6-7,12-16H,1-5,8-11H2,(H,30,36)(H,37,38). The lowest BCUT2D eigenvalue weighted by atomic mass is 10.1. The Balaban J connectivity index is 1.20. The molecule has 11 nitrogen and oxygen atoms in total. The number of carboxylic acids is 1. The number of hydrogen-bond acceptors (Lipinski definition) is 7. The van der Waals surface area contributed by atoms with E-state index < -0.39 is 17.2 Å². The van der Waals surface area contributed by atoms with Crippen molar-refractivity contribution in [1.82, 2.24) is 24.8 Å².